The summed E-state index contributed by atoms with van der Waals surface area (Å²) in [6.07, 6.45) is 8.39. The van der Waals surface area contributed by atoms with Crippen LogP contribution in [0.25, 0.3) is 11.6 Å². The van der Waals surface area contributed by atoms with Gasteiger partial charge in [0.15, 0.2) is 11.6 Å². The first-order chi connectivity index (χ1) is 35.5. The van der Waals surface area contributed by atoms with Gasteiger partial charge in [-0.2, -0.15) is 23.7 Å². The van der Waals surface area contributed by atoms with Crippen LogP contribution in [-0.4, -0.2) is 115 Å². The Bertz CT molecular complexity index is 3320. The first kappa shape index (κ1) is 65.1. The van der Waals surface area contributed by atoms with Crippen LogP contribution in [0.2, 0.25) is 0 Å². The quantitative estimate of drug-likeness (QED) is 0.147. The Balaban J connectivity index is 0.000000295. The van der Waals surface area contributed by atoms with Gasteiger partial charge in [-0.1, -0.05) is 55.4 Å². The first-order valence-corrected chi connectivity index (χ1v) is 28.5. The fourth-order valence-electron chi connectivity index (χ4n) is 9.04. The Kier molecular flexibility index (Phi) is 20.6. The minimum Gasteiger partial charge on any atom is -1.00 e. The van der Waals surface area contributed by atoms with E-state index < -0.39 is 31.9 Å². The minimum absolute atomic E-state index is 0. The number of hydrogen-bond acceptors (Lipinski definition) is 16. The van der Waals surface area contributed by atoms with Gasteiger partial charge in [0.25, 0.3) is 31.9 Å². The maximum Gasteiger partial charge on any atom is 0.268 e. The molecule has 2 amide bonds. The van der Waals surface area contributed by atoms with E-state index in [9.17, 15) is 26.4 Å². The van der Waals surface area contributed by atoms with Crippen molar-refractivity contribution in [1.29, 1.82) is 0 Å². The Morgan fingerprint density at radius 2 is 1.10 bits per heavy atom. The second-order valence-electron chi connectivity index (χ2n) is 23.9. The van der Waals surface area contributed by atoms with E-state index in [0.717, 1.165) is 12.3 Å². The van der Waals surface area contributed by atoms with Crippen LogP contribution in [0, 0.1) is 43.4 Å². The Hall–Kier alpha value is -6.38. The molecule has 8 rings (SSSR count). The molecule has 2 atom stereocenters. The molecule has 2 aliphatic rings. The number of halogens is 1. The summed E-state index contributed by atoms with van der Waals surface area (Å²) in [6.45, 7) is 33.2. The molecule has 0 aromatic carbocycles. The molecular formula is C53H80FN14O8S3-. The number of aryl methyl sites for hydroxylation is 5. The zero-order valence-electron chi connectivity index (χ0n) is 48.6. The fraction of sp³-hybridized carbons (Fsp3) is 0.547. The van der Waals surface area contributed by atoms with Crippen molar-refractivity contribution in [2.75, 3.05) is 31.2 Å². The molecule has 0 spiro atoms. The number of ether oxygens (including phenoxy) is 2. The van der Waals surface area contributed by atoms with Gasteiger partial charge in [-0.25, -0.2) is 45.6 Å². The maximum absolute atomic E-state index is 13.4. The van der Waals surface area contributed by atoms with Crippen molar-refractivity contribution >= 4 is 51.2 Å². The van der Waals surface area contributed by atoms with Gasteiger partial charge >= 0.3 is 0 Å². The van der Waals surface area contributed by atoms with E-state index in [1.165, 1.54) is 45.5 Å². The number of carbonyl (C=O) groups is 2. The molecule has 436 valence electrons. The van der Waals surface area contributed by atoms with Gasteiger partial charge in [-0.15, -0.1) is 10.2 Å². The molecule has 79 heavy (non-hydrogen) atoms. The molecule has 0 bridgehead atoms. The van der Waals surface area contributed by atoms with Crippen molar-refractivity contribution in [3.05, 3.63) is 89.4 Å². The lowest BCUT2D eigenvalue weighted by Crippen LogP contribution is -3.00. The second kappa shape index (κ2) is 25.0. The van der Waals surface area contributed by atoms with Crippen molar-refractivity contribution in [3.8, 4) is 23.4 Å². The van der Waals surface area contributed by atoms with E-state index in [2.05, 4.69) is 128 Å². The molecular weight excluding hydrogens is 1080 g/mol. The highest BCUT2D eigenvalue weighted by molar-refractivity contribution is 7.90. The molecule has 22 nitrogen and oxygen atoms in total. The van der Waals surface area contributed by atoms with E-state index in [0.29, 0.717) is 77.5 Å². The molecule has 0 saturated carbocycles. The van der Waals surface area contributed by atoms with Crippen molar-refractivity contribution in [3.63, 3.8) is 0 Å². The van der Waals surface area contributed by atoms with Crippen LogP contribution in [0.1, 0.15) is 134 Å². The third kappa shape index (κ3) is 17.3. The Labute approximate surface area is 471 Å². The third-order valence-electron chi connectivity index (χ3n) is 12.4. The molecule has 2 fully saturated rings. The van der Waals surface area contributed by atoms with Gasteiger partial charge < -0.3 is 24.4 Å². The molecule has 0 aliphatic carbocycles. The zero-order valence-corrected chi connectivity index (χ0v) is 51.2. The summed E-state index contributed by atoms with van der Waals surface area (Å²) in [6, 6.07) is 9.83. The number of carbonyl (C=O) groups excluding carboxylic acids is 2. The van der Waals surface area contributed by atoms with Crippen molar-refractivity contribution in [2.45, 2.75) is 138 Å². The van der Waals surface area contributed by atoms with E-state index in [-0.39, 0.29) is 55.5 Å². The van der Waals surface area contributed by atoms with Gasteiger partial charge in [0, 0.05) is 68.6 Å². The number of amides is 2. The highest BCUT2D eigenvalue weighted by Crippen LogP contribution is 2.38. The van der Waals surface area contributed by atoms with Gasteiger partial charge in [0.1, 0.15) is 15.6 Å². The lowest BCUT2D eigenvalue weighted by Gasteiger charge is -2.34. The average Bonchev–Trinajstić information content (AvgIpc) is 4.17. The van der Waals surface area contributed by atoms with Crippen LogP contribution in [0.15, 0.2) is 71.0 Å². The number of sulfonamides is 2. The number of pyridine rings is 2. The molecule has 0 radical (unpaired) electrons. The smallest absolute Gasteiger partial charge is 0.268 e. The van der Waals surface area contributed by atoms with Crippen molar-refractivity contribution < 1.29 is 40.6 Å². The highest BCUT2D eigenvalue weighted by Gasteiger charge is 2.40. The molecule has 6 aromatic heterocycles. The standard InChI is InChI=1S/C26H37N7O4S.C20H26N6O4S.C7H15N.FH.H2S/c1-17-13-26(6,7)32(14-17)23-19(24(34)30-38(35,36)20-15-31(8)28-18(20)2)9-10-21(27-23)33-12-11-22(29-33)37-16-25(3,4)5;1-13-15(19(27)24-31(28,29)16-11-25(6)22-14(16)2)7-8-17(21-13)26-10-9-18(23-26)30-12-20(3,4)5;1-6-4-7(2,3)8-5-6;;/h9-12,15,17H,13-14,16H2,1-8H3,(H,30,34);7-11H,12H2,1-6H3,(H,24,27);6,8H,4-5H2,1-3H3;1H;1H2/p-1/t17-;;6-;;/m0.0../s1. The number of nitrogens with one attached hydrogen (secondary N) is 3. The van der Waals surface area contributed by atoms with Crippen LogP contribution < -0.4 is 33.8 Å². The number of rotatable bonds is 13. The molecule has 3 N–H and O–H groups in total. The summed E-state index contributed by atoms with van der Waals surface area (Å²) in [5.74, 6) is 2.03. The van der Waals surface area contributed by atoms with E-state index in [1.807, 2.05) is 0 Å². The predicted octanol–water partition coefficient (Wildman–Crippen LogP) is 4.15. The number of aromatic nitrogens is 10. The van der Waals surface area contributed by atoms with Crippen LogP contribution >= 0.6 is 13.5 Å². The average molecular weight is 1160 g/mol. The highest BCUT2D eigenvalue weighted by atomic mass is 32.2. The fourth-order valence-corrected chi connectivity index (χ4v) is 11.4. The summed E-state index contributed by atoms with van der Waals surface area (Å²) < 4.78 is 72.8. The minimum atomic E-state index is -4.14. The molecule has 2 saturated heterocycles. The van der Waals surface area contributed by atoms with Gasteiger partial charge in [-0.05, 0) is 115 Å². The van der Waals surface area contributed by atoms with Crippen LogP contribution in [0.4, 0.5) is 5.82 Å². The van der Waals surface area contributed by atoms with E-state index in [1.54, 1.807) is 82.3 Å². The lowest BCUT2D eigenvalue weighted by molar-refractivity contribution is -0.0000417. The summed E-state index contributed by atoms with van der Waals surface area (Å²) in [4.78, 5) is 37.2. The Morgan fingerprint density at radius 3 is 1.46 bits per heavy atom. The molecule has 2 aliphatic heterocycles. The monoisotopic (exact) mass is 1160 g/mol. The van der Waals surface area contributed by atoms with Gasteiger partial charge in [0.2, 0.25) is 11.8 Å². The normalized spacial score (nSPS) is 16.8. The topological polar surface area (TPSA) is 257 Å². The van der Waals surface area contributed by atoms with E-state index >= 15 is 0 Å². The number of nitrogens with zero attached hydrogens (tertiary/aromatic N) is 11. The second-order valence-corrected chi connectivity index (χ2v) is 27.2. The Morgan fingerprint density at radius 1 is 0.658 bits per heavy atom. The molecule has 0 unspecified atom stereocenters. The van der Waals surface area contributed by atoms with Crippen LogP contribution in [0.3, 0.4) is 0 Å². The summed E-state index contributed by atoms with van der Waals surface area (Å²) in [5.41, 5.74) is 1.39. The van der Waals surface area contributed by atoms with E-state index in [4.69, 9.17) is 14.5 Å². The summed E-state index contributed by atoms with van der Waals surface area (Å²) >= 11 is 0. The van der Waals surface area contributed by atoms with Crippen LogP contribution in [-0.2, 0) is 34.1 Å². The SMILES string of the molecule is C[C@@H]1CNC(C)(C)C1.Cc1nc(-n2ccc(OCC(C)(C)C)n2)ccc1C(=O)NS(=O)(=O)c1cn(C)nc1C.Cc1nn(C)cc1S(=O)(=O)NC(=O)c1ccc(-n2ccc(OCC(C)(C)C)n2)nc1N1C[C@@H](C)CC1(C)C.S.[F-]. The zero-order chi connectivity index (χ0) is 57.2. The lowest BCUT2D eigenvalue weighted by atomic mass is 9.97. The number of anilines is 1. The summed E-state index contributed by atoms with van der Waals surface area (Å²) in [5, 5.41) is 20.4. The first-order valence-electron chi connectivity index (χ1n) is 25.6. The largest absolute Gasteiger partial charge is 1.00 e. The molecule has 26 heteroatoms. The van der Waals surface area contributed by atoms with Crippen LogP contribution in [0.5, 0.6) is 11.8 Å². The number of hydrogen-bond donors (Lipinski definition) is 3. The van der Waals surface area contributed by atoms with Gasteiger partial charge in [0.05, 0.1) is 41.4 Å². The maximum atomic E-state index is 13.4. The van der Waals surface area contributed by atoms with Crippen molar-refractivity contribution in [2.24, 2.45) is 36.8 Å². The molecule has 6 aromatic rings. The third-order valence-corrected chi connectivity index (χ3v) is 15.3. The summed E-state index contributed by atoms with van der Waals surface area (Å²) in [7, 11) is -4.96. The molecule has 8 heterocycles. The van der Waals surface area contributed by atoms with Crippen molar-refractivity contribution in [1.82, 2.24) is 63.9 Å². The predicted molar refractivity (Wildman–Crippen MR) is 304 cm³/mol. The van der Waals surface area contributed by atoms with Gasteiger partial charge in [-0.3, -0.25) is 19.0 Å².